The van der Waals surface area contributed by atoms with Crippen molar-refractivity contribution in [2.24, 2.45) is 0 Å². The fourth-order valence-corrected chi connectivity index (χ4v) is 1.92. The van der Waals surface area contributed by atoms with Crippen molar-refractivity contribution in [2.45, 2.75) is 27.3 Å². The smallest absolute Gasteiger partial charge is 0.0485 e. The number of aromatic nitrogens is 1. The molecule has 1 nitrogen and oxygen atoms in total. The summed E-state index contributed by atoms with van der Waals surface area (Å²) < 4.78 is 2.30. The summed E-state index contributed by atoms with van der Waals surface area (Å²) in [6, 6.07) is 6.65. The number of nitrogens with zero attached hydrogens (tertiary/aromatic N) is 1. The van der Waals surface area contributed by atoms with Crippen molar-refractivity contribution >= 4 is 10.9 Å². The van der Waals surface area contributed by atoms with E-state index >= 15 is 0 Å². The second kappa shape index (κ2) is 3.49. The van der Waals surface area contributed by atoms with Gasteiger partial charge in [-0.1, -0.05) is 19.1 Å². The first kappa shape index (κ1) is 9.32. The van der Waals surface area contributed by atoms with Gasteiger partial charge in [-0.3, -0.25) is 0 Å². The van der Waals surface area contributed by atoms with Gasteiger partial charge >= 0.3 is 0 Å². The molecule has 1 aromatic heterocycles. The van der Waals surface area contributed by atoms with Crippen LogP contribution in [0, 0.1) is 13.3 Å². The zero-order valence-corrected chi connectivity index (χ0v) is 9.04. The molecule has 0 unspecified atom stereocenters. The van der Waals surface area contributed by atoms with Crippen LogP contribution in [0.4, 0.5) is 0 Å². The highest BCUT2D eigenvalue weighted by Crippen LogP contribution is 2.23. The number of benzene rings is 1. The van der Waals surface area contributed by atoms with Gasteiger partial charge in [-0.05, 0) is 37.5 Å². The first-order valence-electron chi connectivity index (χ1n) is 5.15. The van der Waals surface area contributed by atoms with Gasteiger partial charge in [0.2, 0.25) is 0 Å². The molecule has 0 amide bonds. The number of aryl methyl sites for hydroxylation is 2. The van der Waals surface area contributed by atoms with E-state index in [0.717, 1.165) is 6.54 Å². The zero-order valence-electron chi connectivity index (χ0n) is 9.04. The molecule has 0 bridgehead atoms. The maximum Gasteiger partial charge on any atom is 0.0485 e. The monoisotopic (exact) mass is 186 g/mol. The van der Waals surface area contributed by atoms with E-state index in [9.17, 15) is 0 Å². The van der Waals surface area contributed by atoms with Crippen LogP contribution in [-0.2, 0) is 6.54 Å². The van der Waals surface area contributed by atoms with E-state index in [1.165, 1.54) is 22.0 Å². The minimum atomic E-state index is 1.04. The Morgan fingerprint density at radius 1 is 1.36 bits per heavy atom. The molecule has 1 heterocycles. The number of hydrogen-bond donors (Lipinski definition) is 0. The van der Waals surface area contributed by atoms with E-state index in [4.69, 9.17) is 0 Å². The van der Waals surface area contributed by atoms with Crippen molar-refractivity contribution < 1.29 is 0 Å². The molecule has 0 saturated carbocycles. The van der Waals surface area contributed by atoms with E-state index in [1.807, 2.05) is 0 Å². The highest BCUT2D eigenvalue weighted by Gasteiger charge is 2.05. The molecule has 0 atom stereocenters. The Morgan fingerprint density at radius 2 is 2.14 bits per heavy atom. The third-order valence-corrected chi connectivity index (χ3v) is 2.72. The summed E-state index contributed by atoms with van der Waals surface area (Å²) in [5.74, 6) is 0. The van der Waals surface area contributed by atoms with Gasteiger partial charge in [0.05, 0.1) is 0 Å². The van der Waals surface area contributed by atoms with Crippen molar-refractivity contribution in [3.63, 3.8) is 0 Å². The molecule has 0 aliphatic heterocycles. The van der Waals surface area contributed by atoms with Crippen LogP contribution in [0.1, 0.15) is 25.0 Å². The lowest BCUT2D eigenvalue weighted by Gasteiger charge is -2.00. The van der Waals surface area contributed by atoms with Gasteiger partial charge in [0.25, 0.3) is 0 Å². The third kappa shape index (κ3) is 1.33. The van der Waals surface area contributed by atoms with Crippen molar-refractivity contribution in [2.75, 3.05) is 0 Å². The van der Waals surface area contributed by atoms with Crippen molar-refractivity contribution in [3.8, 4) is 0 Å². The summed E-state index contributed by atoms with van der Waals surface area (Å²) in [5.41, 5.74) is 4.01. The number of rotatable bonds is 2. The third-order valence-electron chi connectivity index (χ3n) is 2.72. The second-order valence-electron chi connectivity index (χ2n) is 3.68. The first-order chi connectivity index (χ1) is 6.76. The standard InChI is InChI=1S/C13H16N/c1-4-11-9-14(5-2)13-8-10(3)6-7-12(11)13/h4,6-9H,5H2,1-3H3. The second-order valence-corrected chi connectivity index (χ2v) is 3.68. The molecule has 2 rings (SSSR count). The van der Waals surface area contributed by atoms with Crippen LogP contribution >= 0.6 is 0 Å². The van der Waals surface area contributed by atoms with Gasteiger partial charge in [-0.2, -0.15) is 0 Å². The molecule has 14 heavy (non-hydrogen) atoms. The minimum Gasteiger partial charge on any atom is -0.347 e. The van der Waals surface area contributed by atoms with Crippen LogP contribution in [-0.4, -0.2) is 4.57 Å². The lowest BCUT2D eigenvalue weighted by molar-refractivity contribution is 0.795. The lowest BCUT2D eigenvalue weighted by Crippen LogP contribution is -1.90. The Morgan fingerprint density at radius 3 is 2.79 bits per heavy atom. The summed E-state index contributed by atoms with van der Waals surface area (Å²) in [6.45, 7) is 7.45. The molecule has 73 valence electrons. The van der Waals surface area contributed by atoms with Gasteiger partial charge < -0.3 is 4.57 Å². The van der Waals surface area contributed by atoms with Crippen molar-refractivity contribution in [1.29, 1.82) is 0 Å². The van der Waals surface area contributed by atoms with E-state index in [2.05, 4.69) is 56.2 Å². The van der Waals surface area contributed by atoms with Gasteiger partial charge in [-0.25, -0.2) is 0 Å². The fraction of sp³-hybridized carbons (Fsp3) is 0.308. The van der Waals surface area contributed by atoms with Crippen LogP contribution in [0.25, 0.3) is 10.9 Å². The normalized spacial score (nSPS) is 11.1. The molecule has 0 N–H and O–H groups in total. The van der Waals surface area contributed by atoms with Crippen molar-refractivity contribution in [3.05, 3.63) is 41.9 Å². The molecule has 0 aliphatic rings. The zero-order chi connectivity index (χ0) is 10.1. The molecule has 0 spiro atoms. The average Bonchev–Trinajstić information content (AvgIpc) is 2.55. The van der Waals surface area contributed by atoms with Crippen LogP contribution in [0.15, 0.2) is 24.4 Å². The van der Waals surface area contributed by atoms with Crippen LogP contribution in [0.5, 0.6) is 0 Å². The molecule has 2 aromatic rings. The summed E-state index contributed by atoms with van der Waals surface area (Å²) in [4.78, 5) is 0. The van der Waals surface area contributed by atoms with Gasteiger partial charge in [0.15, 0.2) is 0 Å². The predicted octanol–water partition coefficient (Wildman–Crippen LogP) is 3.54. The molecular formula is C13H16N. The van der Waals surface area contributed by atoms with Crippen LogP contribution in [0.2, 0.25) is 0 Å². The molecule has 0 aliphatic carbocycles. The maximum atomic E-state index is 2.30. The van der Waals surface area contributed by atoms with Gasteiger partial charge in [-0.15, -0.1) is 0 Å². The Balaban J connectivity index is 2.75. The maximum absolute atomic E-state index is 2.30. The molecule has 0 saturated heterocycles. The summed E-state index contributed by atoms with van der Waals surface area (Å²) in [5, 5.41) is 1.36. The minimum absolute atomic E-state index is 1.04. The Bertz CT molecular complexity index is 451. The molecular weight excluding hydrogens is 170 g/mol. The largest absolute Gasteiger partial charge is 0.347 e. The first-order valence-corrected chi connectivity index (χ1v) is 5.15. The summed E-state index contributed by atoms with van der Waals surface area (Å²) in [6.07, 6.45) is 4.40. The summed E-state index contributed by atoms with van der Waals surface area (Å²) >= 11 is 0. The molecule has 0 fully saturated rings. The highest BCUT2D eigenvalue weighted by atomic mass is 14.9. The average molecular weight is 186 g/mol. The number of hydrogen-bond acceptors (Lipinski definition) is 0. The van der Waals surface area contributed by atoms with E-state index in [1.54, 1.807) is 0 Å². The van der Waals surface area contributed by atoms with Gasteiger partial charge in [0, 0.05) is 23.6 Å². The number of fused-ring (bicyclic) bond motifs is 1. The Kier molecular flexibility index (Phi) is 2.32. The molecule has 1 heteroatoms. The van der Waals surface area contributed by atoms with Crippen LogP contribution < -0.4 is 0 Å². The lowest BCUT2D eigenvalue weighted by atomic mass is 10.1. The van der Waals surface area contributed by atoms with Crippen molar-refractivity contribution in [1.82, 2.24) is 4.57 Å². The Hall–Kier alpha value is -1.24. The van der Waals surface area contributed by atoms with E-state index in [0.29, 0.717) is 0 Å². The molecule has 1 aromatic carbocycles. The SMILES string of the molecule is C[CH]c1cn(CC)c2cc(C)ccc12. The fourth-order valence-electron chi connectivity index (χ4n) is 1.92. The van der Waals surface area contributed by atoms with Crippen LogP contribution in [0.3, 0.4) is 0 Å². The Labute approximate surface area is 85.4 Å². The quantitative estimate of drug-likeness (QED) is 0.676. The summed E-state index contributed by atoms with van der Waals surface area (Å²) in [7, 11) is 0. The van der Waals surface area contributed by atoms with E-state index < -0.39 is 0 Å². The van der Waals surface area contributed by atoms with Gasteiger partial charge in [0.1, 0.15) is 0 Å². The van der Waals surface area contributed by atoms with E-state index in [-0.39, 0.29) is 0 Å². The predicted molar refractivity (Wildman–Crippen MR) is 61.4 cm³/mol. The molecule has 1 radical (unpaired) electrons. The highest BCUT2D eigenvalue weighted by molar-refractivity contribution is 5.85. The topological polar surface area (TPSA) is 4.93 Å².